The van der Waals surface area contributed by atoms with Crippen LogP contribution in [0.3, 0.4) is 0 Å². The van der Waals surface area contributed by atoms with E-state index in [2.05, 4.69) is 10.4 Å². The lowest BCUT2D eigenvalue weighted by atomic mass is 10.1. The Morgan fingerprint density at radius 3 is 2.67 bits per heavy atom. The number of nitro groups is 1. The van der Waals surface area contributed by atoms with Gasteiger partial charge in [0.25, 0.3) is 5.91 Å². The van der Waals surface area contributed by atoms with Crippen molar-refractivity contribution >= 4 is 11.7 Å². The van der Waals surface area contributed by atoms with Crippen molar-refractivity contribution in [1.29, 1.82) is 0 Å². The van der Waals surface area contributed by atoms with Gasteiger partial charge in [-0.05, 0) is 24.0 Å². The fourth-order valence-corrected chi connectivity index (χ4v) is 2.16. The summed E-state index contributed by atoms with van der Waals surface area (Å²) in [5.41, 5.74) is 1.03. The second-order valence-electron chi connectivity index (χ2n) is 4.95. The molecule has 0 spiro atoms. The minimum Gasteiger partial charge on any atom is -0.497 e. The van der Waals surface area contributed by atoms with Crippen LogP contribution >= 0.6 is 0 Å². The van der Waals surface area contributed by atoms with Crippen LogP contribution in [0.5, 0.6) is 11.5 Å². The number of hydrogen-bond acceptors (Lipinski definition) is 6. The van der Waals surface area contributed by atoms with Gasteiger partial charge in [0.2, 0.25) is 0 Å². The number of carbonyl (C=O) groups is 1. The molecule has 0 saturated heterocycles. The molecule has 0 fully saturated rings. The summed E-state index contributed by atoms with van der Waals surface area (Å²) in [5.74, 6) is 0.463. The molecule has 9 heteroatoms. The summed E-state index contributed by atoms with van der Waals surface area (Å²) < 4.78 is 11.8. The summed E-state index contributed by atoms with van der Waals surface area (Å²) in [7, 11) is 3.00. The maximum atomic E-state index is 12.2. The molecule has 2 rings (SSSR count). The molecule has 0 unspecified atom stereocenters. The number of carbonyl (C=O) groups excluding carboxylic acids is 1. The molecule has 0 aliphatic carbocycles. The number of nitrogens with zero attached hydrogens (tertiary/aromatic N) is 3. The van der Waals surface area contributed by atoms with E-state index in [0.717, 1.165) is 0 Å². The number of rotatable bonds is 7. The van der Waals surface area contributed by atoms with Crippen LogP contribution in [-0.4, -0.2) is 41.4 Å². The van der Waals surface area contributed by atoms with Crippen LogP contribution in [0, 0.1) is 17.0 Å². The molecule has 24 heavy (non-hydrogen) atoms. The summed E-state index contributed by atoms with van der Waals surface area (Å²) in [6, 6.07) is 6.28. The van der Waals surface area contributed by atoms with Gasteiger partial charge in [-0.3, -0.25) is 4.79 Å². The highest BCUT2D eigenvalue weighted by molar-refractivity contribution is 5.97. The highest BCUT2D eigenvalue weighted by atomic mass is 16.6. The van der Waals surface area contributed by atoms with Gasteiger partial charge in [0.1, 0.15) is 11.5 Å². The van der Waals surface area contributed by atoms with Crippen molar-refractivity contribution in [3.05, 3.63) is 45.6 Å². The van der Waals surface area contributed by atoms with Crippen LogP contribution in [0.1, 0.15) is 16.1 Å². The summed E-state index contributed by atoms with van der Waals surface area (Å²) in [4.78, 5) is 22.4. The van der Waals surface area contributed by atoms with Crippen LogP contribution in [0.25, 0.3) is 0 Å². The van der Waals surface area contributed by atoms with E-state index in [4.69, 9.17) is 9.47 Å². The van der Waals surface area contributed by atoms with Gasteiger partial charge in [-0.15, -0.1) is 0 Å². The molecule has 1 aromatic heterocycles. The molecule has 1 aromatic carbocycles. The Kier molecular flexibility index (Phi) is 5.35. The maximum Gasteiger partial charge on any atom is 0.390 e. The third-order valence-electron chi connectivity index (χ3n) is 3.42. The van der Waals surface area contributed by atoms with Crippen molar-refractivity contribution in [3.63, 3.8) is 0 Å². The van der Waals surface area contributed by atoms with E-state index in [1.807, 2.05) is 0 Å². The molecule has 0 radical (unpaired) electrons. The van der Waals surface area contributed by atoms with Gasteiger partial charge in [-0.25, -0.2) is 0 Å². The average molecular weight is 334 g/mol. The quantitative estimate of drug-likeness (QED) is 0.608. The van der Waals surface area contributed by atoms with Crippen LogP contribution in [0.2, 0.25) is 0 Å². The maximum absolute atomic E-state index is 12.2. The third kappa shape index (κ3) is 3.80. The number of hydrogen-bond donors (Lipinski definition) is 1. The minimum absolute atomic E-state index is 0.212. The predicted octanol–water partition coefficient (Wildman–Crippen LogP) is 1.55. The lowest BCUT2D eigenvalue weighted by Crippen LogP contribution is -2.28. The van der Waals surface area contributed by atoms with Crippen LogP contribution in [0.4, 0.5) is 5.82 Å². The highest BCUT2D eigenvalue weighted by Crippen LogP contribution is 2.24. The zero-order valence-electron chi connectivity index (χ0n) is 13.6. The van der Waals surface area contributed by atoms with Gasteiger partial charge < -0.3 is 24.9 Å². The molecule has 128 valence electrons. The first-order valence-corrected chi connectivity index (χ1v) is 7.15. The van der Waals surface area contributed by atoms with Crippen molar-refractivity contribution in [2.24, 2.45) is 0 Å². The second-order valence-corrected chi connectivity index (χ2v) is 4.95. The molecule has 0 atom stereocenters. The molecule has 0 aliphatic rings. The first-order valence-electron chi connectivity index (χ1n) is 7.15. The highest BCUT2D eigenvalue weighted by Gasteiger charge is 2.16. The normalized spacial score (nSPS) is 10.3. The van der Waals surface area contributed by atoms with Crippen molar-refractivity contribution in [2.45, 2.75) is 13.5 Å². The molecular formula is C15H18N4O5. The van der Waals surface area contributed by atoms with E-state index < -0.39 is 4.92 Å². The van der Waals surface area contributed by atoms with Gasteiger partial charge >= 0.3 is 5.82 Å². The Morgan fingerprint density at radius 2 is 2.08 bits per heavy atom. The molecular weight excluding hydrogens is 316 g/mol. The number of ether oxygens (including phenoxy) is 2. The Balaban J connectivity index is 2.00. The van der Waals surface area contributed by atoms with Crippen molar-refractivity contribution in [1.82, 2.24) is 15.1 Å². The average Bonchev–Trinajstić information content (AvgIpc) is 2.95. The molecule has 1 heterocycles. The predicted molar refractivity (Wildman–Crippen MR) is 85.5 cm³/mol. The summed E-state index contributed by atoms with van der Waals surface area (Å²) in [6.07, 6.45) is 0. The summed E-state index contributed by atoms with van der Waals surface area (Å²) >= 11 is 0. The van der Waals surface area contributed by atoms with Crippen molar-refractivity contribution in [3.8, 4) is 11.5 Å². The molecule has 0 bridgehead atoms. The second kappa shape index (κ2) is 7.44. The number of benzene rings is 1. The largest absolute Gasteiger partial charge is 0.497 e. The van der Waals surface area contributed by atoms with Crippen molar-refractivity contribution in [2.75, 3.05) is 20.8 Å². The minimum atomic E-state index is -0.551. The smallest absolute Gasteiger partial charge is 0.390 e. The van der Waals surface area contributed by atoms with E-state index in [1.165, 1.54) is 25.0 Å². The zero-order valence-corrected chi connectivity index (χ0v) is 13.6. The third-order valence-corrected chi connectivity index (χ3v) is 3.42. The fraction of sp³-hybridized carbons (Fsp3) is 0.333. The number of amides is 1. The van der Waals surface area contributed by atoms with Crippen LogP contribution < -0.4 is 14.8 Å². The standard InChI is InChI=1S/C15H18N4O5/c1-10-8-14(19(21)22)17-18(10)7-6-16-15(20)12-5-4-11(23-2)9-13(12)24-3/h4-5,8-9H,6-7H2,1-3H3,(H,16,20). The fourth-order valence-electron chi connectivity index (χ4n) is 2.16. The van der Waals surface area contributed by atoms with E-state index in [0.29, 0.717) is 29.3 Å². The first kappa shape index (κ1) is 17.3. The molecule has 9 nitrogen and oxygen atoms in total. The molecule has 0 saturated carbocycles. The Labute approximate surface area is 138 Å². The van der Waals surface area contributed by atoms with Crippen LogP contribution in [-0.2, 0) is 6.54 Å². The topological polar surface area (TPSA) is 109 Å². The number of aromatic nitrogens is 2. The Morgan fingerprint density at radius 1 is 1.33 bits per heavy atom. The SMILES string of the molecule is COc1ccc(C(=O)NCCn2nc([N+](=O)[O-])cc2C)c(OC)c1. The number of nitrogens with one attached hydrogen (secondary N) is 1. The van der Waals surface area contributed by atoms with Crippen molar-refractivity contribution < 1.29 is 19.2 Å². The van der Waals surface area contributed by atoms with E-state index >= 15 is 0 Å². The molecule has 1 N–H and O–H groups in total. The lowest BCUT2D eigenvalue weighted by molar-refractivity contribution is -0.389. The number of aryl methyl sites for hydroxylation is 1. The Bertz CT molecular complexity index is 756. The lowest BCUT2D eigenvalue weighted by Gasteiger charge is -2.10. The molecule has 0 aliphatic heterocycles. The van der Waals surface area contributed by atoms with Gasteiger partial charge in [-0.1, -0.05) is 0 Å². The number of methoxy groups -OCH3 is 2. The molecule has 1 amide bonds. The Hall–Kier alpha value is -3.10. The van der Waals surface area contributed by atoms with Gasteiger partial charge in [-0.2, -0.15) is 4.68 Å². The summed E-state index contributed by atoms with van der Waals surface area (Å²) in [5, 5.41) is 17.3. The van der Waals surface area contributed by atoms with Gasteiger partial charge in [0.15, 0.2) is 0 Å². The van der Waals surface area contributed by atoms with E-state index in [-0.39, 0.29) is 18.3 Å². The first-order chi connectivity index (χ1) is 11.5. The molecule has 2 aromatic rings. The van der Waals surface area contributed by atoms with E-state index in [9.17, 15) is 14.9 Å². The summed E-state index contributed by atoms with van der Waals surface area (Å²) in [6.45, 7) is 2.31. The van der Waals surface area contributed by atoms with Gasteiger partial charge in [0.05, 0.1) is 43.2 Å². The zero-order chi connectivity index (χ0) is 17.7. The monoisotopic (exact) mass is 334 g/mol. The van der Waals surface area contributed by atoms with Crippen LogP contribution in [0.15, 0.2) is 24.3 Å². The van der Waals surface area contributed by atoms with E-state index in [1.54, 1.807) is 25.1 Å². The van der Waals surface area contributed by atoms with Gasteiger partial charge in [0, 0.05) is 12.6 Å².